The molecule has 0 aliphatic carbocycles. The van der Waals surface area contributed by atoms with Crippen LogP contribution in [0, 0.1) is 0 Å². The third-order valence-electron chi connectivity index (χ3n) is 2.52. The minimum Gasteiger partial charge on any atom is -0.491 e. The van der Waals surface area contributed by atoms with E-state index in [9.17, 15) is 4.79 Å². The molecule has 1 atom stereocenters. The number of benzene rings is 1. The van der Waals surface area contributed by atoms with E-state index in [2.05, 4.69) is 21.2 Å². The van der Waals surface area contributed by atoms with Gasteiger partial charge in [-0.3, -0.25) is 0 Å². The molecule has 0 radical (unpaired) electrons. The molecule has 0 fully saturated rings. The molecule has 1 rings (SSSR count). The van der Waals surface area contributed by atoms with Crippen LogP contribution in [0.1, 0.15) is 20.3 Å². The van der Waals surface area contributed by atoms with Gasteiger partial charge in [0.1, 0.15) is 6.04 Å². The van der Waals surface area contributed by atoms with E-state index in [1.165, 1.54) is 7.11 Å². The van der Waals surface area contributed by atoms with E-state index >= 15 is 0 Å². The summed E-state index contributed by atoms with van der Waals surface area (Å²) in [5.74, 6) is 0.315. The van der Waals surface area contributed by atoms with Crippen molar-refractivity contribution in [1.82, 2.24) is 0 Å². The Hall–Kier alpha value is -0.940. The zero-order valence-corrected chi connectivity index (χ0v) is 13.5. The van der Waals surface area contributed by atoms with E-state index in [-0.39, 0.29) is 5.97 Å². The lowest BCUT2D eigenvalue weighted by molar-refractivity contribution is -0.141. The summed E-state index contributed by atoms with van der Waals surface area (Å²) in [6.07, 6.45) is 0.600. The molecule has 6 heteroatoms. The van der Waals surface area contributed by atoms with Crippen LogP contribution in [0.2, 0.25) is 5.02 Å². The Labute approximate surface area is 126 Å². The fourth-order valence-electron chi connectivity index (χ4n) is 1.62. The largest absolute Gasteiger partial charge is 0.491 e. The second-order valence-electron chi connectivity index (χ2n) is 3.83. The summed E-state index contributed by atoms with van der Waals surface area (Å²) in [7, 11) is 1.37. The second kappa shape index (κ2) is 7.60. The van der Waals surface area contributed by atoms with Crippen LogP contribution in [-0.4, -0.2) is 25.7 Å². The molecule has 1 unspecified atom stereocenters. The first-order valence-corrected chi connectivity index (χ1v) is 7.16. The second-order valence-corrected chi connectivity index (χ2v) is 5.12. The van der Waals surface area contributed by atoms with E-state index in [1.54, 1.807) is 12.1 Å². The lowest BCUT2D eigenvalue weighted by Gasteiger charge is -2.19. The highest BCUT2D eigenvalue weighted by Crippen LogP contribution is 2.37. The van der Waals surface area contributed by atoms with Gasteiger partial charge in [-0.1, -0.05) is 18.5 Å². The van der Waals surface area contributed by atoms with Crippen molar-refractivity contribution in [2.75, 3.05) is 19.0 Å². The number of hydrogen-bond acceptors (Lipinski definition) is 4. The maximum Gasteiger partial charge on any atom is 0.328 e. The molecule has 0 spiro atoms. The quantitative estimate of drug-likeness (QED) is 0.791. The molecule has 0 aliphatic heterocycles. The monoisotopic (exact) mass is 349 g/mol. The van der Waals surface area contributed by atoms with Crippen LogP contribution in [0.4, 0.5) is 5.69 Å². The predicted molar refractivity (Wildman–Crippen MR) is 80.0 cm³/mol. The highest BCUT2D eigenvalue weighted by Gasteiger charge is 2.19. The van der Waals surface area contributed by atoms with Gasteiger partial charge in [0, 0.05) is 5.02 Å². The van der Waals surface area contributed by atoms with E-state index < -0.39 is 6.04 Å². The fourth-order valence-corrected chi connectivity index (χ4v) is 2.54. The molecule has 19 heavy (non-hydrogen) atoms. The molecular weight excluding hydrogens is 334 g/mol. The molecule has 1 N–H and O–H groups in total. The van der Waals surface area contributed by atoms with Crippen molar-refractivity contribution in [3.05, 3.63) is 21.6 Å². The van der Waals surface area contributed by atoms with Crippen LogP contribution >= 0.6 is 27.5 Å². The van der Waals surface area contributed by atoms with Gasteiger partial charge in [-0.2, -0.15) is 0 Å². The third-order valence-corrected chi connectivity index (χ3v) is 3.33. The number of carbonyl (C=O) groups excluding carboxylic acids is 1. The third kappa shape index (κ3) is 4.28. The maximum atomic E-state index is 11.6. The first-order chi connectivity index (χ1) is 9.03. The summed E-state index contributed by atoms with van der Waals surface area (Å²) in [4.78, 5) is 11.6. The van der Waals surface area contributed by atoms with Crippen LogP contribution in [-0.2, 0) is 9.53 Å². The van der Waals surface area contributed by atoms with Crippen molar-refractivity contribution >= 4 is 39.2 Å². The smallest absolute Gasteiger partial charge is 0.328 e. The van der Waals surface area contributed by atoms with Crippen molar-refractivity contribution in [3.63, 3.8) is 0 Å². The summed E-state index contributed by atoms with van der Waals surface area (Å²) in [6, 6.07) is 3.04. The number of nitrogens with one attached hydrogen (secondary N) is 1. The van der Waals surface area contributed by atoms with Gasteiger partial charge in [0.15, 0.2) is 5.75 Å². The highest BCUT2D eigenvalue weighted by molar-refractivity contribution is 9.10. The number of hydrogen-bond donors (Lipinski definition) is 1. The summed E-state index contributed by atoms with van der Waals surface area (Å²) in [5, 5.41) is 3.65. The zero-order valence-electron chi connectivity index (χ0n) is 11.1. The molecule has 1 aromatic rings. The Morgan fingerprint density at radius 1 is 1.47 bits per heavy atom. The Morgan fingerprint density at radius 3 is 2.68 bits per heavy atom. The van der Waals surface area contributed by atoms with Crippen LogP contribution in [0.3, 0.4) is 0 Å². The summed E-state index contributed by atoms with van der Waals surface area (Å²) in [6.45, 7) is 4.31. The Balaban J connectivity index is 3.07. The molecule has 0 saturated carbocycles. The highest BCUT2D eigenvalue weighted by atomic mass is 79.9. The normalized spacial score (nSPS) is 11.8. The Kier molecular flexibility index (Phi) is 6.45. The number of halogens is 2. The van der Waals surface area contributed by atoms with Crippen molar-refractivity contribution in [2.24, 2.45) is 0 Å². The van der Waals surface area contributed by atoms with E-state index in [0.29, 0.717) is 29.5 Å². The van der Waals surface area contributed by atoms with Crippen LogP contribution < -0.4 is 10.1 Å². The minimum absolute atomic E-state index is 0.318. The lowest BCUT2D eigenvalue weighted by atomic mass is 10.2. The SMILES string of the molecule is CCOc1c(Br)cc(Cl)cc1NC(CC)C(=O)OC. The minimum atomic E-state index is -0.436. The lowest BCUT2D eigenvalue weighted by Crippen LogP contribution is -2.30. The molecular formula is C13H17BrClNO3. The van der Waals surface area contributed by atoms with Gasteiger partial charge in [0.2, 0.25) is 0 Å². The van der Waals surface area contributed by atoms with Crippen molar-refractivity contribution in [2.45, 2.75) is 26.3 Å². The molecule has 106 valence electrons. The van der Waals surface area contributed by atoms with E-state index in [0.717, 1.165) is 4.47 Å². The first kappa shape index (κ1) is 16.1. The number of esters is 1. The van der Waals surface area contributed by atoms with Gasteiger partial charge in [-0.15, -0.1) is 0 Å². The summed E-state index contributed by atoms with van der Waals surface area (Å²) >= 11 is 9.42. The molecule has 0 bridgehead atoms. The topological polar surface area (TPSA) is 47.6 Å². The fraction of sp³-hybridized carbons (Fsp3) is 0.462. The number of ether oxygens (including phenoxy) is 2. The van der Waals surface area contributed by atoms with Crippen molar-refractivity contribution < 1.29 is 14.3 Å². The molecule has 0 heterocycles. The van der Waals surface area contributed by atoms with Crippen LogP contribution in [0.5, 0.6) is 5.75 Å². The van der Waals surface area contributed by atoms with E-state index in [4.69, 9.17) is 21.1 Å². The summed E-state index contributed by atoms with van der Waals surface area (Å²) < 4.78 is 11.1. The van der Waals surface area contributed by atoms with Crippen molar-refractivity contribution in [1.29, 1.82) is 0 Å². The predicted octanol–water partition coefficient (Wildman–Crippen LogP) is 3.86. The maximum absolute atomic E-state index is 11.6. The average molecular weight is 351 g/mol. The number of rotatable bonds is 6. The number of carbonyl (C=O) groups is 1. The Bertz CT molecular complexity index is 454. The van der Waals surface area contributed by atoms with Gasteiger partial charge in [0.25, 0.3) is 0 Å². The zero-order chi connectivity index (χ0) is 14.4. The van der Waals surface area contributed by atoms with Crippen LogP contribution in [0.15, 0.2) is 16.6 Å². The van der Waals surface area contributed by atoms with Gasteiger partial charge in [0.05, 0.1) is 23.9 Å². The van der Waals surface area contributed by atoms with Crippen LogP contribution in [0.25, 0.3) is 0 Å². The van der Waals surface area contributed by atoms with E-state index in [1.807, 2.05) is 13.8 Å². The molecule has 0 saturated heterocycles. The molecule has 1 aromatic carbocycles. The Morgan fingerprint density at radius 2 is 2.16 bits per heavy atom. The number of methoxy groups -OCH3 is 1. The first-order valence-electron chi connectivity index (χ1n) is 5.99. The van der Waals surface area contributed by atoms with Gasteiger partial charge >= 0.3 is 5.97 Å². The molecule has 0 amide bonds. The van der Waals surface area contributed by atoms with Crippen molar-refractivity contribution in [3.8, 4) is 5.75 Å². The molecule has 0 aliphatic rings. The molecule has 4 nitrogen and oxygen atoms in total. The molecule has 0 aromatic heterocycles. The van der Waals surface area contributed by atoms with Gasteiger partial charge in [-0.05, 0) is 41.4 Å². The standard InChI is InChI=1S/C13H17BrClNO3/c1-4-10(13(17)18-3)16-11-7-8(15)6-9(14)12(11)19-5-2/h6-7,10,16H,4-5H2,1-3H3. The van der Waals surface area contributed by atoms with Gasteiger partial charge < -0.3 is 14.8 Å². The summed E-state index contributed by atoms with van der Waals surface area (Å²) in [5.41, 5.74) is 0.665. The number of anilines is 1. The average Bonchev–Trinajstić information content (AvgIpc) is 2.38. The van der Waals surface area contributed by atoms with Gasteiger partial charge in [-0.25, -0.2) is 4.79 Å².